The minimum atomic E-state index is -0.905. The van der Waals surface area contributed by atoms with E-state index < -0.39 is 11.8 Å². The Balaban J connectivity index is 1.99. The van der Waals surface area contributed by atoms with Gasteiger partial charge in [-0.25, -0.2) is 4.79 Å². The summed E-state index contributed by atoms with van der Waals surface area (Å²) < 4.78 is 19.8. The molecule has 0 fully saturated rings. The average molecular weight is 324 g/mol. The Morgan fingerprint density at radius 1 is 0.783 bits per heavy atom. The summed E-state index contributed by atoms with van der Waals surface area (Å²) in [6.07, 6.45) is 0. The fraction of sp³-hybridized carbons (Fsp3) is 0.438. The molecule has 0 heterocycles. The average Bonchev–Trinajstić information content (AvgIpc) is 2.56. The van der Waals surface area contributed by atoms with Gasteiger partial charge >= 0.3 is 11.9 Å². The van der Waals surface area contributed by atoms with Crippen LogP contribution >= 0.6 is 0 Å². The van der Waals surface area contributed by atoms with Crippen molar-refractivity contribution in [3.05, 3.63) is 35.9 Å². The van der Waals surface area contributed by atoms with Gasteiger partial charge in [0.25, 0.3) is 5.78 Å². The third kappa shape index (κ3) is 8.70. The standard InChI is InChI=1S/C16H20O7/c1-13(17)22-11-9-20-7-8-21-10-12-23-16(19)15(18)14-5-3-2-4-6-14/h2-6H,7-12H2,1H3. The topological polar surface area (TPSA) is 88.1 Å². The Morgan fingerprint density at radius 3 is 1.87 bits per heavy atom. The molecule has 0 saturated heterocycles. The number of esters is 2. The lowest BCUT2D eigenvalue weighted by Gasteiger charge is -2.07. The van der Waals surface area contributed by atoms with Crippen molar-refractivity contribution in [2.75, 3.05) is 39.6 Å². The van der Waals surface area contributed by atoms with Crippen molar-refractivity contribution in [1.82, 2.24) is 0 Å². The molecule has 0 saturated carbocycles. The van der Waals surface area contributed by atoms with E-state index in [9.17, 15) is 14.4 Å². The summed E-state index contributed by atoms with van der Waals surface area (Å²) in [7, 11) is 0. The van der Waals surface area contributed by atoms with Crippen LogP contribution in [0.3, 0.4) is 0 Å². The fourth-order valence-corrected chi connectivity index (χ4v) is 1.53. The van der Waals surface area contributed by atoms with Gasteiger partial charge in [-0.3, -0.25) is 9.59 Å². The Kier molecular flexibility index (Phi) is 9.26. The summed E-state index contributed by atoms with van der Waals surface area (Å²) in [6.45, 7) is 2.62. The fourth-order valence-electron chi connectivity index (χ4n) is 1.53. The van der Waals surface area contributed by atoms with E-state index in [4.69, 9.17) is 14.2 Å². The van der Waals surface area contributed by atoms with Crippen LogP contribution in [-0.4, -0.2) is 57.4 Å². The maximum atomic E-state index is 11.7. The van der Waals surface area contributed by atoms with Crippen molar-refractivity contribution in [3.63, 3.8) is 0 Å². The van der Waals surface area contributed by atoms with Gasteiger partial charge in [-0.1, -0.05) is 30.3 Å². The molecule has 0 bridgehead atoms. The molecular weight excluding hydrogens is 304 g/mol. The van der Waals surface area contributed by atoms with Crippen molar-refractivity contribution >= 4 is 17.7 Å². The second-order valence-corrected chi connectivity index (χ2v) is 4.40. The second-order valence-electron chi connectivity index (χ2n) is 4.40. The number of ketones is 1. The smallest absolute Gasteiger partial charge is 0.379 e. The molecule has 126 valence electrons. The maximum Gasteiger partial charge on any atom is 0.379 e. The number of Topliss-reactive ketones (excluding diaryl/α,β-unsaturated/α-hetero) is 1. The lowest BCUT2D eigenvalue weighted by atomic mass is 10.1. The first-order valence-electron chi connectivity index (χ1n) is 7.16. The summed E-state index contributed by atoms with van der Waals surface area (Å²) in [6, 6.07) is 8.20. The molecule has 23 heavy (non-hydrogen) atoms. The monoisotopic (exact) mass is 324 g/mol. The summed E-state index contributed by atoms with van der Waals surface area (Å²) in [5.74, 6) is -1.94. The summed E-state index contributed by atoms with van der Waals surface area (Å²) in [5, 5.41) is 0. The summed E-state index contributed by atoms with van der Waals surface area (Å²) >= 11 is 0. The lowest BCUT2D eigenvalue weighted by Crippen LogP contribution is -2.20. The van der Waals surface area contributed by atoms with Crippen LogP contribution in [0.15, 0.2) is 30.3 Å². The summed E-state index contributed by atoms with van der Waals surface area (Å²) in [4.78, 5) is 33.7. The van der Waals surface area contributed by atoms with E-state index in [0.717, 1.165) is 0 Å². The van der Waals surface area contributed by atoms with Crippen molar-refractivity contribution < 1.29 is 33.3 Å². The molecule has 0 aliphatic rings. The molecule has 0 unspecified atom stereocenters. The number of ether oxygens (including phenoxy) is 4. The van der Waals surface area contributed by atoms with Gasteiger partial charge in [-0.05, 0) is 0 Å². The van der Waals surface area contributed by atoms with E-state index in [0.29, 0.717) is 25.4 Å². The van der Waals surface area contributed by atoms with Gasteiger partial charge in [0.05, 0.1) is 26.4 Å². The van der Waals surface area contributed by atoms with Crippen molar-refractivity contribution in [3.8, 4) is 0 Å². The Morgan fingerprint density at radius 2 is 1.30 bits per heavy atom. The first kappa shape index (κ1) is 18.8. The van der Waals surface area contributed by atoms with Gasteiger partial charge in [0.2, 0.25) is 0 Å². The largest absolute Gasteiger partial charge is 0.463 e. The molecule has 0 amide bonds. The molecule has 7 nitrogen and oxygen atoms in total. The molecule has 0 spiro atoms. The minimum Gasteiger partial charge on any atom is -0.463 e. The molecule has 0 aliphatic heterocycles. The maximum absolute atomic E-state index is 11.7. The quantitative estimate of drug-likeness (QED) is 0.260. The highest BCUT2D eigenvalue weighted by Crippen LogP contribution is 2.01. The molecular formula is C16H20O7. The molecule has 1 rings (SSSR count). The van der Waals surface area contributed by atoms with Crippen LogP contribution < -0.4 is 0 Å². The SMILES string of the molecule is CC(=O)OCCOCCOCCOC(=O)C(=O)c1ccccc1. The van der Waals surface area contributed by atoms with Crippen molar-refractivity contribution in [1.29, 1.82) is 0 Å². The second kappa shape index (κ2) is 11.3. The van der Waals surface area contributed by atoms with Crippen molar-refractivity contribution in [2.24, 2.45) is 0 Å². The number of hydrogen-bond acceptors (Lipinski definition) is 7. The van der Waals surface area contributed by atoms with Gasteiger partial charge in [-0.2, -0.15) is 0 Å². The summed E-state index contributed by atoms with van der Waals surface area (Å²) in [5.41, 5.74) is 0.291. The number of rotatable bonds is 11. The van der Waals surface area contributed by atoms with E-state index in [2.05, 4.69) is 4.74 Å². The highest BCUT2D eigenvalue weighted by Gasteiger charge is 2.16. The van der Waals surface area contributed by atoms with Crippen LogP contribution in [0.5, 0.6) is 0 Å². The predicted molar refractivity (Wildman–Crippen MR) is 80.0 cm³/mol. The lowest BCUT2D eigenvalue weighted by molar-refractivity contribution is -0.143. The normalized spacial score (nSPS) is 10.1. The van der Waals surface area contributed by atoms with E-state index >= 15 is 0 Å². The zero-order valence-electron chi connectivity index (χ0n) is 13.0. The molecule has 0 N–H and O–H groups in total. The molecule has 0 radical (unpaired) electrons. The van der Waals surface area contributed by atoms with Crippen LogP contribution in [0.2, 0.25) is 0 Å². The van der Waals surface area contributed by atoms with Gasteiger partial charge in [0.15, 0.2) is 0 Å². The van der Waals surface area contributed by atoms with Gasteiger partial charge < -0.3 is 18.9 Å². The van der Waals surface area contributed by atoms with Crippen LogP contribution in [-0.2, 0) is 28.5 Å². The molecule has 1 aromatic rings. The zero-order chi connectivity index (χ0) is 16.9. The third-order valence-corrected chi connectivity index (χ3v) is 2.59. The molecule has 0 atom stereocenters. The van der Waals surface area contributed by atoms with E-state index in [1.165, 1.54) is 6.92 Å². The highest BCUT2D eigenvalue weighted by molar-refractivity contribution is 6.40. The van der Waals surface area contributed by atoms with Gasteiger partial charge in [0, 0.05) is 12.5 Å². The van der Waals surface area contributed by atoms with E-state index in [-0.39, 0.29) is 25.8 Å². The number of carbonyl (C=O) groups is 3. The molecule has 0 aliphatic carbocycles. The highest BCUT2D eigenvalue weighted by atomic mass is 16.6. The first-order valence-corrected chi connectivity index (χ1v) is 7.16. The van der Waals surface area contributed by atoms with Crippen molar-refractivity contribution in [2.45, 2.75) is 6.92 Å². The van der Waals surface area contributed by atoms with E-state index in [1.54, 1.807) is 30.3 Å². The van der Waals surface area contributed by atoms with Crippen LogP contribution in [0.1, 0.15) is 17.3 Å². The zero-order valence-corrected chi connectivity index (χ0v) is 13.0. The van der Waals surface area contributed by atoms with Gasteiger partial charge in [-0.15, -0.1) is 0 Å². The Labute approximate surface area is 134 Å². The molecule has 0 aromatic heterocycles. The number of carbonyl (C=O) groups excluding carboxylic acids is 3. The third-order valence-electron chi connectivity index (χ3n) is 2.59. The van der Waals surface area contributed by atoms with Crippen LogP contribution in [0.4, 0.5) is 0 Å². The number of benzene rings is 1. The van der Waals surface area contributed by atoms with Crippen LogP contribution in [0.25, 0.3) is 0 Å². The molecule has 7 heteroatoms. The van der Waals surface area contributed by atoms with Gasteiger partial charge in [0.1, 0.15) is 13.2 Å². The van der Waals surface area contributed by atoms with E-state index in [1.807, 2.05) is 0 Å². The first-order chi connectivity index (χ1) is 11.1. The Hall–Kier alpha value is -2.25. The Bertz CT molecular complexity index is 498. The minimum absolute atomic E-state index is 0.00907. The molecule has 1 aromatic carbocycles. The number of hydrogen-bond donors (Lipinski definition) is 0. The van der Waals surface area contributed by atoms with Crippen LogP contribution in [0, 0.1) is 0 Å². The predicted octanol–water partition coefficient (Wildman–Crippen LogP) is 1.01.